The molecular weight excluding hydrogens is 408 g/mol. The number of ether oxygens (including phenoxy) is 1. The molecule has 0 bridgehead atoms. The van der Waals surface area contributed by atoms with E-state index in [1.807, 2.05) is 85.8 Å². The maximum atomic E-state index is 12.6. The van der Waals surface area contributed by atoms with Crippen LogP contribution in [0.1, 0.15) is 29.7 Å². The average molecular weight is 433 g/mol. The molecular formula is C29H24N2O2. The van der Waals surface area contributed by atoms with Crippen LogP contribution in [0.4, 0.5) is 0 Å². The second kappa shape index (κ2) is 10.3. The molecule has 0 aliphatic rings. The normalized spacial score (nSPS) is 12.1. The predicted octanol–water partition coefficient (Wildman–Crippen LogP) is 6.20. The Hall–Kier alpha value is -4.36. The lowest BCUT2D eigenvalue weighted by Gasteiger charge is -2.13. The van der Waals surface area contributed by atoms with Crippen molar-refractivity contribution >= 4 is 22.8 Å². The minimum Gasteiger partial charge on any atom is -0.489 e. The van der Waals surface area contributed by atoms with E-state index >= 15 is 0 Å². The Bertz CT molecular complexity index is 1310. The fourth-order valence-electron chi connectivity index (χ4n) is 3.65. The molecule has 0 unspecified atom stereocenters. The first-order valence-corrected chi connectivity index (χ1v) is 10.8. The molecule has 4 rings (SSSR count). The van der Waals surface area contributed by atoms with Crippen molar-refractivity contribution < 1.29 is 9.53 Å². The first-order chi connectivity index (χ1) is 16.1. The molecule has 1 amide bonds. The fraction of sp³-hybridized carbons (Fsp3) is 0.103. The van der Waals surface area contributed by atoms with Crippen molar-refractivity contribution in [2.45, 2.75) is 19.6 Å². The van der Waals surface area contributed by atoms with Crippen molar-refractivity contribution in [2.75, 3.05) is 0 Å². The predicted molar refractivity (Wildman–Crippen MR) is 131 cm³/mol. The molecule has 0 saturated carbocycles. The summed E-state index contributed by atoms with van der Waals surface area (Å²) in [5, 5.41) is 14.7. The number of nitrogens with zero attached hydrogens (tertiary/aromatic N) is 1. The Balaban J connectivity index is 1.41. The first kappa shape index (κ1) is 21.9. The minimum atomic E-state index is -0.398. The van der Waals surface area contributed by atoms with Crippen LogP contribution in [0.3, 0.4) is 0 Å². The summed E-state index contributed by atoms with van der Waals surface area (Å²) < 4.78 is 5.97. The highest BCUT2D eigenvalue weighted by Gasteiger charge is 2.13. The Morgan fingerprint density at radius 2 is 1.64 bits per heavy atom. The van der Waals surface area contributed by atoms with Crippen molar-refractivity contribution in [1.82, 2.24) is 5.32 Å². The van der Waals surface area contributed by atoms with E-state index in [-0.39, 0.29) is 11.6 Å². The van der Waals surface area contributed by atoms with Crippen molar-refractivity contribution in [3.05, 3.63) is 119 Å². The summed E-state index contributed by atoms with van der Waals surface area (Å²) in [6.07, 6.45) is 1.58. The van der Waals surface area contributed by atoms with Gasteiger partial charge in [-0.3, -0.25) is 4.79 Å². The van der Waals surface area contributed by atoms with Crippen LogP contribution in [0.25, 0.3) is 16.8 Å². The number of rotatable bonds is 7. The average Bonchev–Trinajstić information content (AvgIpc) is 2.87. The summed E-state index contributed by atoms with van der Waals surface area (Å²) in [5.41, 5.74) is 2.91. The maximum Gasteiger partial charge on any atom is 0.262 e. The van der Waals surface area contributed by atoms with Gasteiger partial charge in [-0.25, -0.2) is 0 Å². The topological polar surface area (TPSA) is 62.1 Å². The Morgan fingerprint density at radius 1 is 0.939 bits per heavy atom. The van der Waals surface area contributed by atoms with Crippen LogP contribution in [-0.4, -0.2) is 5.91 Å². The van der Waals surface area contributed by atoms with Crippen LogP contribution in [0.2, 0.25) is 0 Å². The Labute approximate surface area is 193 Å². The molecule has 0 radical (unpaired) electrons. The van der Waals surface area contributed by atoms with E-state index in [2.05, 4.69) is 29.6 Å². The van der Waals surface area contributed by atoms with Crippen LogP contribution in [0.15, 0.2) is 103 Å². The van der Waals surface area contributed by atoms with Crippen molar-refractivity contribution in [2.24, 2.45) is 0 Å². The zero-order valence-corrected chi connectivity index (χ0v) is 18.4. The summed E-state index contributed by atoms with van der Waals surface area (Å²) in [6.45, 7) is 2.35. The number of fused-ring (bicyclic) bond motifs is 1. The van der Waals surface area contributed by atoms with E-state index in [1.165, 1.54) is 10.8 Å². The van der Waals surface area contributed by atoms with Crippen LogP contribution >= 0.6 is 0 Å². The lowest BCUT2D eigenvalue weighted by atomic mass is 10.1. The molecule has 0 saturated heterocycles. The number of nitriles is 1. The van der Waals surface area contributed by atoms with Crippen LogP contribution in [-0.2, 0) is 11.4 Å². The van der Waals surface area contributed by atoms with Crippen molar-refractivity contribution in [3.8, 4) is 11.8 Å². The second-order valence-electron chi connectivity index (χ2n) is 7.77. The first-order valence-electron chi connectivity index (χ1n) is 10.8. The van der Waals surface area contributed by atoms with Gasteiger partial charge in [0.2, 0.25) is 0 Å². The number of hydrogen-bond acceptors (Lipinski definition) is 3. The largest absolute Gasteiger partial charge is 0.489 e. The molecule has 4 nitrogen and oxygen atoms in total. The zero-order chi connectivity index (χ0) is 23.0. The summed E-state index contributed by atoms with van der Waals surface area (Å²) >= 11 is 0. The van der Waals surface area contributed by atoms with Crippen molar-refractivity contribution in [1.29, 1.82) is 5.26 Å². The van der Waals surface area contributed by atoms with Gasteiger partial charge in [-0.1, -0.05) is 84.9 Å². The van der Waals surface area contributed by atoms with Gasteiger partial charge in [0.15, 0.2) is 0 Å². The highest BCUT2D eigenvalue weighted by Crippen LogP contribution is 2.21. The van der Waals surface area contributed by atoms with Gasteiger partial charge in [-0.2, -0.15) is 5.26 Å². The van der Waals surface area contributed by atoms with E-state index in [0.29, 0.717) is 6.61 Å². The number of nitrogens with one attached hydrogen (secondary N) is 1. The van der Waals surface area contributed by atoms with Crippen LogP contribution < -0.4 is 10.1 Å². The molecule has 162 valence electrons. The van der Waals surface area contributed by atoms with Gasteiger partial charge in [-0.05, 0) is 52.6 Å². The Kier molecular flexibility index (Phi) is 6.82. The van der Waals surface area contributed by atoms with E-state index in [1.54, 1.807) is 6.08 Å². The molecule has 1 atom stereocenters. The maximum absolute atomic E-state index is 12.6. The van der Waals surface area contributed by atoms with E-state index in [0.717, 1.165) is 22.4 Å². The van der Waals surface area contributed by atoms with Gasteiger partial charge in [0.1, 0.15) is 24.0 Å². The molecule has 4 aromatic rings. The summed E-state index contributed by atoms with van der Waals surface area (Å²) in [7, 11) is 0. The van der Waals surface area contributed by atoms with Crippen LogP contribution in [0.5, 0.6) is 5.75 Å². The SMILES string of the molecule is C[C@@H](NC(=O)/C(C#N)=C/c1ccc(OCc2cccc3ccccc23)cc1)c1ccccc1. The fourth-order valence-corrected chi connectivity index (χ4v) is 3.65. The molecule has 33 heavy (non-hydrogen) atoms. The number of amides is 1. The van der Waals surface area contributed by atoms with Gasteiger partial charge in [-0.15, -0.1) is 0 Å². The number of hydrogen-bond donors (Lipinski definition) is 1. The second-order valence-corrected chi connectivity index (χ2v) is 7.77. The lowest BCUT2D eigenvalue weighted by Crippen LogP contribution is -2.27. The zero-order valence-electron chi connectivity index (χ0n) is 18.4. The van der Waals surface area contributed by atoms with E-state index in [4.69, 9.17) is 4.74 Å². The summed E-state index contributed by atoms with van der Waals surface area (Å²) in [6, 6.07) is 33.2. The third-order valence-corrected chi connectivity index (χ3v) is 5.48. The number of carbonyl (C=O) groups is 1. The highest BCUT2D eigenvalue weighted by molar-refractivity contribution is 6.01. The van der Waals surface area contributed by atoms with Gasteiger partial charge in [0.05, 0.1) is 6.04 Å². The molecule has 1 N–H and O–H groups in total. The molecule has 0 aliphatic heterocycles. The third kappa shape index (κ3) is 5.47. The van der Waals surface area contributed by atoms with Crippen molar-refractivity contribution in [3.63, 3.8) is 0 Å². The van der Waals surface area contributed by atoms with Crippen LogP contribution in [0, 0.1) is 11.3 Å². The smallest absolute Gasteiger partial charge is 0.262 e. The van der Waals surface area contributed by atoms with E-state index < -0.39 is 5.91 Å². The standard InChI is InChI=1S/C29H24N2O2/c1-21(23-8-3-2-4-9-23)31-29(32)26(19-30)18-22-14-16-27(17-15-22)33-20-25-12-7-11-24-10-5-6-13-28(24)25/h2-18,21H,20H2,1H3,(H,31,32)/b26-18+/t21-/m1/s1. The summed E-state index contributed by atoms with van der Waals surface area (Å²) in [5.74, 6) is 0.325. The highest BCUT2D eigenvalue weighted by atomic mass is 16.5. The van der Waals surface area contributed by atoms with Gasteiger partial charge >= 0.3 is 0 Å². The molecule has 0 fully saturated rings. The molecule has 4 heteroatoms. The number of carbonyl (C=O) groups excluding carboxylic acids is 1. The van der Waals surface area contributed by atoms with Gasteiger partial charge in [0.25, 0.3) is 5.91 Å². The van der Waals surface area contributed by atoms with E-state index in [9.17, 15) is 10.1 Å². The Morgan fingerprint density at radius 3 is 2.39 bits per heavy atom. The molecule has 0 aliphatic carbocycles. The molecule has 0 aromatic heterocycles. The quantitative estimate of drug-likeness (QED) is 0.279. The third-order valence-electron chi connectivity index (χ3n) is 5.48. The monoisotopic (exact) mass is 432 g/mol. The minimum absolute atomic E-state index is 0.0576. The molecule has 4 aromatic carbocycles. The van der Waals surface area contributed by atoms with Gasteiger partial charge < -0.3 is 10.1 Å². The lowest BCUT2D eigenvalue weighted by molar-refractivity contribution is -0.117. The van der Waals surface area contributed by atoms with Gasteiger partial charge in [0, 0.05) is 0 Å². The number of benzene rings is 4. The molecule has 0 heterocycles. The summed E-state index contributed by atoms with van der Waals surface area (Å²) in [4.78, 5) is 12.6. The molecule has 0 spiro atoms.